The number of nitrogens with zero attached hydrogens (tertiary/aromatic N) is 4. The molecule has 69 heavy (non-hydrogen) atoms. The Kier molecular flexibility index (Phi) is 8.17. The first-order chi connectivity index (χ1) is 35.9. The van der Waals surface area contributed by atoms with Gasteiger partial charge in [0.25, 0.3) is 6.33 Å². The molecule has 0 radical (unpaired) electrons. The second-order valence-electron chi connectivity index (χ2n) is 18.6. The van der Waals surface area contributed by atoms with Gasteiger partial charge in [0.15, 0.2) is 0 Å². The Balaban J connectivity index is 0.977. The molecule has 9 aromatic carbocycles. The third-order valence-electron chi connectivity index (χ3n) is 13.4. The first-order valence-corrected chi connectivity index (χ1v) is 23.2. The molecular formula is C64H46N4O. The lowest BCUT2D eigenvalue weighted by Crippen LogP contribution is -2.32. The van der Waals surface area contributed by atoms with Crippen LogP contribution in [0.2, 0.25) is 0 Å². The molecule has 0 fully saturated rings. The van der Waals surface area contributed by atoms with Crippen LogP contribution in [0.1, 0.15) is 33.2 Å². The second-order valence-corrected chi connectivity index (χ2v) is 18.6. The van der Waals surface area contributed by atoms with Crippen molar-refractivity contribution in [3.63, 3.8) is 0 Å². The molecule has 0 unspecified atom stereocenters. The molecule has 0 saturated heterocycles. The molecule has 0 saturated carbocycles. The number of rotatable bonds is 6. The predicted octanol–water partition coefficient (Wildman–Crippen LogP) is 15.9. The van der Waals surface area contributed by atoms with Crippen molar-refractivity contribution in [3.05, 3.63) is 236 Å². The van der Waals surface area contributed by atoms with E-state index in [4.69, 9.17) is 16.6 Å². The summed E-state index contributed by atoms with van der Waals surface area (Å²) in [5, 5.41) is 1.73. The quantitative estimate of drug-likeness (QED) is 0.123. The van der Waals surface area contributed by atoms with Gasteiger partial charge in [-0.3, -0.25) is 13.7 Å². The van der Waals surface area contributed by atoms with Gasteiger partial charge in [0.05, 0.1) is 40.3 Å². The topological polar surface area (TPSA) is 35.9 Å². The average molecular weight is 892 g/mol. The Bertz CT molecular complexity index is 4260. The van der Waals surface area contributed by atoms with E-state index in [0.29, 0.717) is 17.1 Å². The summed E-state index contributed by atoms with van der Waals surface area (Å²) in [4.78, 5) is 4.90. The van der Waals surface area contributed by atoms with E-state index in [1.54, 1.807) is 0 Å². The van der Waals surface area contributed by atoms with Crippen LogP contribution in [0.15, 0.2) is 224 Å². The van der Waals surface area contributed by atoms with Crippen LogP contribution in [0.4, 0.5) is 0 Å². The van der Waals surface area contributed by atoms with Gasteiger partial charge in [-0.05, 0) is 121 Å². The molecule has 0 bridgehead atoms. The normalized spacial score (nSPS) is 13.0. The Morgan fingerprint density at radius 1 is 0.507 bits per heavy atom. The van der Waals surface area contributed by atoms with E-state index in [-0.39, 0.29) is 35.1 Å². The van der Waals surface area contributed by atoms with Crippen molar-refractivity contribution in [1.82, 2.24) is 14.1 Å². The minimum atomic E-state index is -0.423. The zero-order valence-electron chi connectivity index (χ0n) is 43.2. The first-order valence-electron chi connectivity index (χ1n) is 25.7. The maximum atomic E-state index is 8.77. The van der Waals surface area contributed by atoms with Crippen LogP contribution in [-0.4, -0.2) is 14.1 Å². The third-order valence-corrected chi connectivity index (χ3v) is 13.4. The van der Waals surface area contributed by atoms with E-state index >= 15 is 0 Å². The van der Waals surface area contributed by atoms with Crippen LogP contribution in [0.3, 0.4) is 0 Å². The number of hydrogen-bond acceptors (Lipinski definition) is 2. The molecule has 3 aromatic heterocycles. The molecule has 12 aromatic rings. The number of para-hydroxylation sites is 2. The van der Waals surface area contributed by atoms with Crippen LogP contribution in [-0.2, 0) is 5.41 Å². The monoisotopic (exact) mass is 891 g/mol. The van der Waals surface area contributed by atoms with Gasteiger partial charge in [-0.2, -0.15) is 0 Å². The predicted molar refractivity (Wildman–Crippen MR) is 282 cm³/mol. The highest BCUT2D eigenvalue weighted by molar-refractivity contribution is 6.11. The van der Waals surface area contributed by atoms with Crippen molar-refractivity contribution in [1.29, 1.82) is 0 Å². The van der Waals surface area contributed by atoms with E-state index in [0.717, 1.165) is 94.5 Å². The summed E-state index contributed by atoms with van der Waals surface area (Å²) >= 11 is 0. The molecular weight excluding hydrogens is 841 g/mol. The molecule has 5 heteroatoms. The van der Waals surface area contributed by atoms with Crippen LogP contribution in [0, 0.1) is 6.33 Å². The van der Waals surface area contributed by atoms with Crippen molar-refractivity contribution in [3.8, 4) is 84.3 Å². The molecule has 0 amide bonds. The lowest BCUT2D eigenvalue weighted by Gasteiger charge is -2.20. The Morgan fingerprint density at radius 3 is 1.96 bits per heavy atom. The van der Waals surface area contributed by atoms with E-state index in [2.05, 4.69) is 168 Å². The smallest absolute Gasteiger partial charge is 0.269 e. The van der Waals surface area contributed by atoms with Crippen molar-refractivity contribution in [2.45, 2.75) is 26.2 Å². The minimum absolute atomic E-state index is 0.147. The van der Waals surface area contributed by atoms with Gasteiger partial charge in [-0.1, -0.05) is 178 Å². The van der Waals surface area contributed by atoms with E-state index < -0.39 is 6.04 Å². The summed E-state index contributed by atoms with van der Waals surface area (Å²) in [5.41, 5.74) is 16.2. The number of benzene rings is 9. The Labute approximate surface area is 408 Å². The zero-order chi connectivity index (χ0) is 50.6. The van der Waals surface area contributed by atoms with Crippen LogP contribution in [0.25, 0.3) is 106 Å². The second kappa shape index (κ2) is 15.9. The summed E-state index contributed by atoms with van der Waals surface area (Å²) in [6, 6.07) is 63.3. The van der Waals surface area contributed by atoms with Gasteiger partial charge in [0, 0.05) is 23.0 Å². The summed E-state index contributed by atoms with van der Waals surface area (Å²) in [6.45, 7) is 6.52. The third kappa shape index (κ3) is 6.77. The molecule has 328 valence electrons. The van der Waals surface area contributed by atoms with Crippen molar-refractivity contribution >= 4 is 32.8 Å². The van der Waals surface area contributed by atoms with Gasteiger partial charge < -0.3 is 4.74 Å². The molecule has 13 rings (SSSR count). The van der Waals surface area contributed by atoms with Gasteiger partial charge in [-0.15, -0.1) is 0 Å². The summed E-state index contributed by atoms with van der Waals surface area (Å²) in [5.74, 6) is 1.95. The molecule has 5 nitrogen and oxygen atoms in total. The van der Waals surface area contributed by atoms with E-state index in [9.17, 15) is 0 Å². The number of ether oxygens (including phenoxy) is 1. The summed E-state index contributed by atoms with van der Waals surface area (Å²) in [7, 11) is 0. The van der Waals surface area contributed by atoms with Crippen molar-refractivity contribution in [2.75, 3.05) is 0 Å². The maximum absolute atomic E-state index is 8.77. The number of imidazole rings is 1. The maximum Gasteiger partial charge on any atom is 0.269 e. The molecule has 1 aliphatic rings. The number of hydrogen-bond donors (Lipinski definition) is 0. The first kappa shape index (κ1) is 35.4. The fourth-order valence-corrected chi connectivity index (χ4v) is 10.2. The Hall–Kier alpha value is -8.80. The van der Waals surface area contributed by atoms with Crippen LogP contribution < -0.4 is 9.30 Å². The Morgan fingerprint density at radius 2 is 1.17 bits per heavy atom. The zero-order valence-corrected chi connectivity index (χ0v) is 38.2. The molecule has 0 atom stereocenters. The van der Waals surface area contributed by atoms with Gasteiger partial charge in [0.2, 0.25) is 0 Å². The van der Waals surface area contributed by atoms with Crippen LogP contribution >= 0.6 is 0 Å². The fraction of sp³-hybridized carbons (Fsp3) is 0.0625. The lowest BCUT2D eigenvalue weighted by molar-refractivity contribution is -0.570. The number of fused-ring (bicyclic) bond motifs is 10. The van der Waals surface area contributed by atoms with E-state index in [1.807, 2.05) is 66.9 Å². The molecule has 0 aliphatic carbocycles. The van der Waals surface area contributed by atoms with Crippen LogP contribution in [0.5, 0.6) is 11.5 Å². The highest BCUT2D eigenvalue weighted by atomic mass is 16.5. The standard InChI is InChI=1S/C64H46N4O/c1-64(2,3)45-35-36-65-61(38-45)68-58-34-31-44(42-17-6-4-7-18-42)37-57(58)54-33-32-48(40-60(54)68)69-47-22-14-21-46(39-47)66-41-67-62-49(43-19-8-5-9-20-43)27-15-28-55(62)52-25-12-10-23-50(52)51-24-11-13-26-53(51)56-29-16-30-59(66)63(56)67/h4-40H,1-3H3/i4D,6D,7D,17D,18D. The SMILES string of the molecule is [2H]c1c([2H])c([2H])c(-c2ccc3c(c2)c2ccc(Oc4cccc(-n5[c-][n+]6c7c(cccc75)-c5ccccc5-c5ccccc5-c5cccc(-c7ccccc7)c5-6)c4)cc2n3-c2cc(C(C)(C)C)ccn2)c([2H])c1[2H]. The molecule has 4 heterocycles. The van der Waals surface area contributed by atoms with Gasteiger partial charge in [0.1, 0.15) is 17.3 Å². The number of aromatic nitrogens is 4. The summed E-state index contributed by atoms with van der Waals surface area (Å²) < 4.78 is 55.9. The highest BCUT2D eigenvalue weighted by Gasteiger charge is 2.26. The van der Waals surface area contributed by atoms with E-state index in [1.165, 1.54) is 5.56 Å². The average Bonchev–Trinajstić information content (AvgIpc) is 4.00. The summed E-state index contributed by atoms with van der Waals surface area (Å²) in [6.07, 6.45) is 5.72. The molecule has 0 N–H and O–H groups in total. The number of pyridine rings is 1. The van der Waals surface area contributed by atoms with Gasteiger partial charge >= 0.3 is 0 Å². The van der Waals surface area contributed by atoms with Crippen molar-refractivity contribution < 1.29 is 16.2 Å². The fourth-order valence-electron chi connectivity index (χ4n) is 10.2. The lowest BCUT2D eigenvalue weighted by atomic mass is 9.88. The van der Waals surface area contributed by atoms with Crippen molar-refractivity contribution in [2.24, 2.45) is 0 Å². The largest absolute Gasteiger partial charge is 0.458 e. The highest BCUT2D eigenvalue weighted by Crippen LogP contribution is 2.45. The van der Waals surface area contributed by atoms with Gasteiger partial charge in [-0.25, -0.2) is 4.98 Å². The minimum Gasteiger partial charge on any atom is -0.458 e. The molecule has 0 spiro atoms. The molecule has 1 aliphatic heterocycles.